The topological polar surface area (TPSA) is 111 Å². The molecule has 33 heavy (non-hydrogen) atoms. The Balaban J connectivity index is 1.60. The van der Waals surface area contributed by atoms with E-state index in [1.165, 1.54) is 36.0 Å². The minimum absolute atomic E-state index is 0.0782. The quantitative estimate of drug-likeness (QED) is 0.330. The molecule has 1 unspecified atom stereocenters. The van der Waals surface area contributed by atoms with E-state index in [1.54, 1.807) is 0 Å². The van der Waals surface area contributed by atoms with Crippen molar-refractivity contribution < 1.29 is 19.2 Å². The van der Waals surface area contributed by atoms with Crippen LogP contribution in [0, 0.1) is 10.1 Å². The monoisotopic (exact) mass is 465 g/mol. The summed E-state index contributed by atoms with van der Waals surface area (Å²) in [6.07, 6.45) is -0.706. The smallest absolute Gasteiger partial charge is 0.408 e. The maximum Gasteiger partial charge on any atom is 0.408 e. The number of nitro groups is 1. The molecule has 2 N–H and O–H groups in total. The first-order valence-corrected chi connectivity index (χ1v) is 11.3. The predicted octanol–water partition coefficient (Wildman–Crippen LogP) is 4.76. The second-order valence-corrected chi connectivity index (χ2v) is 8.08. The lowest BCUT2D eigenvalue weighted by molar-refractivity contribution is -0.384. The summed E-state index contributed by atoms with van der Waals surface area (Å²) in [7, 11) is 0. The molecule has 0 saturated carbocycles. The van der Waals surface area contributed by atoms with Crippen LogP contribution < -0.4 is 10.6 Å². The van der Waals surface area contributed by atoms with Crippen molar-refractivity contribution in [3.8, 4) is 0 Å². The Morgan fingerprint density at radius 1 is 0.909 bits per heavy atom. The highest BCUT2D eigenvalue weighted by Crippen LogP contribution is 2.17. The highest BCUT2D eigenvalue weighted by atomic mass is 32.2. The zero-order valence-electron chi connectivity index (χ0n) is 17.7. The number of benzene rings is 3. The molecule has 1 atom stereocenters. The van der Waals surface area contributed by atoms with Gasteiger partial charge >= 0.3 is 6.09 Å². The van der Waals surface area contributed by atoms with Crippen molar-refractivity contribution in [3.63, 3.8) is 0 Å². The number of carbonyl (C=O) groups excluding carboxylic acids is 2. The molecule has 3 aromatic carbocycles. The van der Waals surface area contributed by atoms with Gasteiger partial charge < -0.3 is 15.4 Å². The van der Waals surface area contributed by atoms with Gasteiger partial charge in [0.25, 0.3) is 5.69 Å². The Morgan fingerprint density at radius 3 is 2.12 bits per heavy atom. The predicted molar refractivity (Wildman–Crippen MR) is 128 cm³/mol. The highest BCUT2D eigenvalue weighted by Gasteiger charge is 2.22. The molecule has 0 aromatic heterocycles. The molecule has 0 aliphatic heterocycles. The molecule has 2 amide bonds. The largest absolute Gasteiger partial charge is 0.445 e. The van der Waals surface area contributed by atoms with Gasteiger partial charge in [0.1, 0.15) is 12.6 Å². The first-order chi connectivity index (χ1) is 16.0. The SMILES string of the molecule is O=C(NC(CSCc1ccccc1)C(=O)Nc1ccc([N+](=O)[O-])cc1)OCc1ccccc1. The fraction of sp³-hybridized carbons (Fsp3) is 0.167. The molecule has 0 aliphatic carbocycles. The fourth-order valence-electron chi connectivity index (χ4n) is 2.85. The summed E-state index contributed by atoms with van der Waals surface area (Å²) >= 11 is 1.50. The Hall–Kier alpha value is -3.85. The van der Waals surface area contributed by atoms with Crippen LogP contribution in [-0.4, -0.2) is 28.7 Å². The van der Waals surface area contributed by atoms with Crippen molar-refractivity contribution in [1.82, 2.24) is 5.32 Å². The number of hydrogen-bond donors (Lipinski definition) is 2. The van der Waals surface area contributed by atoms with Gasteiger partial charge in [-0.1, -0.05) is 60.7 Å². The molecule has 170 valence electrons. The number of alkyl carbamates (subject to hydrolysis) is 1. The van der Waals surface area contributed by atoms with Crippen molar-refractivity contribution in [2.45, 2.75) is 18.4 Å². The summed E-state index contributed by atoms with van der Waals surface area (Å²) in [6, 6.07) is 23.6. The van der Waals surface area contributed by atoms with Gasteiger partial charge in [0.2, 0.25) is 5.91 Å². The van der Waals surface area contributed by atoms with E-state index in [4.69, 9.17) is 4.74 Å². The summed E-state index contributed by atoms with van der Waals surface area (Å²) in [5.41, 5.74) is 2.25. The third-order valence-corrected chi connectivity index (χ3v) is 5.67. The average Bonchev–Trinajstić information content (AvgIpc) is 2.84. The van der Waals surface area contributed by atoms with Crippen LogP contribution in [0.25, 0.3) is 0 Å². The number of hydrogen-bond acceptors (Lipinski definition) is 6. The van der Waals surface area contributed by atoms with Gasteiger partial charge in [-0.05, 0) is 23.3 Å². The number of nitro benzene ring substituents is 1. The molecule has 0 aliphatic rings. The number of rotatable bonds is 10. The molecule has 0 bridgehead atoms. The minimum atomic E-state index is -0.864. The van der Waals surface area contributed by atoms with Gasteiger partial charge in [-0.2, -0.15) is 11.8 Å². The molecular weight excluding hydrogens is 442 g/mol. The van der Waals surface area contributed by atoms with E-state index in [9.17, 15) is 19.7 Å². The second-order valence-electron chi connectivity index (χ2n) is 7.05. The van der Waals surface area contributed by atoms with E-state index >= 15 is 0 Å². The zero-order valence-corrected chi connectivity index (χ0v) is 18.5. The van der Waals surface area contributed by atoms with Crippen molar-refractivity contribution >= 4 is 35.1 Å². The Morgan fingerprint density at radius 2 is 1.52 bits per heavy atom. The first kappa shape index (κ1) is 23.8. The van der Waals surface area contributed by atoms with Crippen LogP contribution in [-0.2, 0) is 21.9 Å². The summed E-state index contributed by atoms with van der Waals surface area (Å²) in [6.45, 7) is 0.0839. The van der Waals surface area contributed by atoms with Crippen LogP contribution in [0.15, 0.2) is 84.9 Å². The van der Waals surface area contributed by atoms with Crippen molar-refractivity contribution in [2.75, 3.05) is 11.1 Å². The zero-order chi connectivity index (χ0) is 23.5. The number of non-ortho nitro benzene ring substituents is 1. The molecule has 8 nitrogen and oxygen atoms in total. The first-order valence-electron chi connectivity index (χ1n) is 10.2. The van der Waals surface area contributed by atoms with E-state index in [0.29, 0.717) is 17.2 Å². The maximum atomic E-state index is 12.9. The van der Waals surface area contributed by atoms with Gasteiger partial charge in [0.15, 0.2) is 0 Å². The van der Waals surface area contributed by atoms with Crippen LogP contribution in [0.1, 0.15) is 11.1 Å². The van der Waals surface area contributed by atoms with Gasteiger partial charge in [-0.15, -0.1) is 0 Å². The van der Waals surface area contributed by atoms with Crippen LogP contribution >= 0.6 is 11.8 Å². The molecule has 3 rings (SSSR count). The van der Waals surface area contributed by atoms with Gasteiger partial charge in [-0.25, -0.2) is 4.79 Å². The lowest BCUT2D eigenvalue weighted by Crippen LogP contribution is -2.45. The Bertz CT molecular complexity index is 1060. The molecule has 0 spiro atoms. The third kappa shape index (κ3) is 7.97. The van der Waals surface area contributed by atoms with E-state index in [2.05, 4.69) is 10.6 Å². The molecule has 3 aromatic rings. The minimum Gasteiger partial charge on any atom is -0.445 e. The number of carbonyl (C=O) groups is 2. The molecule has 0 saturated heterocycles. The van der Waals surface area contributed by atoms with Crippen LogP contribution in [0.4, 0.5) is 16.2 Å². The third-order valence-electron chi connectivity index (χ3n) is 4.56. The molecule has 0 fully saturated rings. The van der Waals surface area contributed by atoms with Gasteiger partial charge in [-0.3, -0.25) is 14.9 Å². The number of anilines is 1. The summed E-state index contributed by atoms with van der Waals surface area (Å²) in [4.78, 5) is 35.5. The normalized spacial score (nSPS) is 11.3. The second kappa shape index (κ2) is 12.3. The van der Waals surface area contributed by atoms with Crippen molar-refractivity contribution in [3.05, 3.63) is 106 Å². The summed E-state index contributed by atoms with van der Waals surface area (Å²) in [5.74, 6) is 0.540. The lowest BCUT2D eigenvalue weighted by Gasteiger charge is -2.18. The standard InChI is InChI=1S/C24H23N3O5S/c28-23(25-20-11-13-21(14-12-20)27(30)31)22(17-33-16-19-9-5-2-6-10-19)26-24(29)32-15-18-7-3-1-4-8-18/h1-14,22H,15-17H2,(H,25,28)(H,26,29). The Labute approximate surface area is 195 Å². The fourth-order valence-corrected chi connectivity index (χ4v) is 3.87. The Kier molecular flexibility index (Phi) is 8.84. The highest BCUT2D eigenvalue weighted by molar-refractivity contribution is 7.98. The summed E-state index contributed by atoms with van der Waals surface area (Å²) in [5, 5.41) is 16.1. The van der Waals surface area contributed by atoms with E-state index in [0.717, 1.165) is 11.1 Å². The van der Waals surface area contributed by atoms with Crippen LogP contribution in [0.3, 0.4) is 0 Å². The number of ether oxygens (including phenoxy) is 1. The van der Waals surface area contributed by atoms with E-state index < -0.39 is 23.0 Å². The van der Waals surface area contributed by atoms with Crippen molar-refractivity contribution in [2.24, 2.45) is 0 Å². The number of amides is 2. The van der Waals surface area contributed by atoms with E-state index in [-0.39, 0.29) is 12.3 Å². The average molecular weight is 466 g/mol. The maximum absolute atomic E-state index is 12.9. The van der Waals surface area contributed by atoms with Crippen molar-refractivity contribution in [1.29, 1.82) is 0 Å². The summed E-state index contributed by atoms with van der Waals surface area (Å²) < 4.78 is 5.25. The number of nitrogens with zero attached hydrogens (tertiary/aromatic N) is 1. The molecular formula is C24H23N3O5S. The molecule has 0 radical (unpaired) electrons. The van der Waals surface area contributed by atoms with Crippen LogP contribution in [0.2, 0.25) is 0 Å². The van der Waals surface area contributed by atoms with E-state index in [1.807, 2.05) is 60.7 Å². The van der Waals surface area contributed by atoms with Crippen LogP contribution in [0.5, 0.6) is 0 Å². The number of nitrogens with one attached hydrogen (secondary N) is 2. The molecule has 9 heteroatoms. The van der Waals surface area contributed by atoms with Gasteiger partial charge in [0.05, 0.1) is 4.92 Å². The van der Waals surface area contributed by atoms with Gasteiger partial charge in [0, 0.05) is 29.3 Å². The lowest BCUT2D eigenvalue weighted by atomic mass is 10.2. The molecule has 0 heterocycles. The number of thioether (sulfide) groups is 1.